The molecule has 2 amide bonds. The number of carbonyl (C=O) groups is 3. The van der Waals surface area contributed by atoms with Crippen molar-refractivity contribution in [3.8, 4) is 5.88 Å². The van der Waals surface area contributed by atoms with E-state index in [9.17, 15) is 18.8 Å². The second kappa shape index (κ2) is 10.9. The first-order valence-corrected chi connectivity index (χ1v) is 11.7. The van der Waals surface area contributed by atoms with Gasteiger partial charge in [0.25, 0.3) is 17.6 Å². The Bertz CT molecular complexity index is 1280. The summed E-state index contributed by atoms with van der Waals surface area (Å²) in [6.45, 7) is 1.21. The lowest BCUT2D eigenvalue weighted by Gasteiger charge is -2.32. The van der Waals surface area contributed by atoms with Gasteiger partial charge < -0.3 is 24.3 Å². The van der Waals surface area contributed by atoms with E-state index in [1.807, 2.05) is 0 Å². The van der Waals surface area contributed by atoms with Gasteiger partial charge in [-0.25, -0.2) is 4.39 Å². The molecule has 1 N–H and O–H groups in total. The van der Waals surface area contributed by atoms with E-state index in [4.69, 9.17) is 9.47 Å². The van der Waals surface area contributed by atoms with Crippen LogP contribution in [0, 0.1) is 11.7 Å². The number of ketones is 1. The maximum absolute atomic E-state index is 13.5. The zero-order chi connectivity index (χ0) is 25.8. The molecule has 9 nitrogen and oxygen atoms in total. The second-order valence-corrected chi connectivity index (χ2v) is 8.82. The molecule has 1 saturated heterocycles. The first-order valence-electron chi connectivity index (χ1n) is 11.7. The van der Waals surface area contributed by atoms with Crippen molar-refractivity contribution in [3.63, 3.8) is 0 Å². The molecule has 1 aliphatic heterocycles. The van der Waals surface area contributed by atoms with Gasteiger partial charge in [0.15, 0.2) is 0 Å². The average molecular weight is 497 g/mol. The van der Waals surface area contributed by atoms with Crippen LogP contribution < -0.4 is 10.1 Å². The molecular formula is C26H29FN4O5. The minimum atomic E-state index is -0.765. The number of benzene rings is 1. The Kier molecular flexibility index (Phi) is 7.64. The van der Waals surface area contributed by atoms with Gasteiger partial charge in [-0.2, -0.15) is 4.98 Å². The molecule has 1 aliphatic rings. The summed E-state index contributed by atoms with van der Waals surface area (Å²) in [6.07, 6.45) is 3.95. The summed E-state index contributed by atoms with van der Waals surface area (Å²) in [7, 11) is 4.31. The quantitative estimate of drug-likeness (QED) is 0.380. The lowest BCUT2D eigenvalue weighted by atomic mass is 9.90. The fourth-order valence-corrected chi connectivity index (χ4v) is 4.62. The summed E-state index contributed by atoms with van der Waals surface area (Å²) >= 11 is 0. The first-order chi connectivity index (χ1) is 17.4. The van der Waals surface area contributed by atoms with Crippen LogP contribution in [-0.2, 0) is 22.7 Å². The molecular weight excluding hydrogens is 467 g/mol. The van der Waals surface area contributed by atoms with Crippen LogP contribution in [0.3, 0.4) is 0 Å². The van der Waals surface area contributed by atoms with Crippen molar-refractivity contribution in [1.82, 2.24) is 19.8 Å². The third kappa shape index (κ3) is 5.08. The third-order valence-corrected chi connectivity index (χ3v) is 6.52. The number of aromatic nitrogens is 2. The van der Waals surface area contributed by atoms with Gasteiger partial charge in [-0.15, -0.1) is 0 Å². The summed E-state index contributed by atoms with van der Waals surface area (Å²) in [4.78, 5) is 44.5. The number of pyridine rings is 1. The van der Waals surface area contributed by atoms with Gasteiger partial charge in [-0.1, -0.05) is 12.1 Å². The average Bonchev–Trinajstić information content (AvgIpc) is 3.25. The minimum Gasteiger partial charge on any atom is -0.480 e. The number of carbonyl (C=O) groups excluding carboxylic acids is 3. The molecule has 0 radical (unpaired) electrons. The van der Waals surface area contributed by atoms with Gasteiger partial charge >= 0.3 is 0 Å². The van der Waals surface area contributed by atoms with Crippen LogP contribution in [0.1, 0.15) is 39.1 Å². The van der Waals surface area contributed by atoms with Crippen molar-refractivity contribution in [3.05, 3.63) is 59.0 Å². The third-order valence-electron chi connectivity index (χ3n) is 6.52. The Labute approximate surface area is 208 Å². The number of piperidine rings is 1. The molecule has 4 rings (SSSR count). The van der Waals surface area contributed by atoms with Gasteiger partial charge in [0, 0.05) is 38.8 Å². The van der Waals surface area contributed by atoms with Crippen molar-refractivity contribution >= 4 is 28.6 Å². The van der Waals surface area contributed by atoms with Gasteiger partial charge in [-0.3, -0.25) is 14.4 Å². The van der Waals surface area contributed by atoms with Crippen LogP contribution in [-0.4, -0.2) is 66.4 Å². The number of nitrogens with zero attached hydrogens (tertiary/aromatic N) is 3. The number of ether oxygens (including phenoxy) is 2. The molecule has 0 bridgehead atoms. The highest BCUT2D eigenvalue weighted by atomic mass is 19.1. The van der Waals surface area contributed by atoms with Gasteiger partial charge in [-0.05, 0) is 48.9 Å². The van der Waals surface area contributed by atoms with E-state index in [0.717, 1.165) is 24.8 Å². The van der Waals surface area contributed by atoms with Crippen molar-refractivity contribution in [1.29, 1.82) is 0 Å². The van der Waals surface area contributed by atoms with E-state index in [2.05, 4.69) is 10.3 Å². The van der Waals surface area contributed by atoms with Crippen LogP contribution in [0.2, 0.25) is 0 Å². The highest BCUT2D eigenvalue weighted by Gasteiger charge is 2.29. The van der Waals surface area contributed by atoms with Crippen molar-refractivity contribution in [2.75, 3.05) is 34.4 Å². The van der Waals surface area contributed by atoms with E-state index in [1.54, 1.807) is 27.7 Å². The van der Waals surface area contributed by atoms with Gasteiger partial charge in [0.05, 0.1) is 12.7 Å². The number of likely N-dealkylation sites (tertiary alicyclic amines) is 1. The molecule has 36 heavy (non-hydrogen) atoms. The summed E-state index contributed by atoms with van der Waals surface area (Å²) in [5.74, 6) is -1.48. The van der Waals surface area contributed by atoms with Crippen molar-refractivity contribution in [2.24, 2.45) is 5.92 Å². The van der Waals surface area contributed by atoms with E-state index >= 15 is 0 Å². The Hall–Kier alpha value is -3.79. The summed E-state index contributed by atoms with van der Waals surface area (Å²) in [5.41, 5.74) is 1.80. The number of fused-ring (bicyclic) bond motifs is 1. The molecule has 3 heterocycles. The zero-order valence-electron chi connectivity index (χ0n) is 20.5. The number of halogens is 1. The maximum Gasteiger partial charge on any atom is 0.292 e. The first kappa shape index (κ1) is 25.3. The topological polar surface area (TPSA) is 103 Å². The fraction of sp³-hybridized carbons (Fsp3) is 0.385. The lowest BCUT2D eigenvalue weighted by Crippen LogP contribution is -2.39. The molecule has 0 aliphatic carbocycles. The molecule has 0 spiro atoms. The zero-order valence-corrected chi connectivity index (χ0v) is 20.5. The number of amides is 2. The molecule has 0 saturated carbocycles. The number of hydrogen-bond acceptors (Lipinski definition) is 6. The predicted molar refractivity (Wildman–Crippen MR) is 130 cm³/mol. The van der Waals surface area contributed by atoms with Crippen LogP contribution in [0.15, 0.2) is 36.5 Å². The number of hydrogen-bond donors (Lipinski definition) is 1. The molecule has 2 aromatic heterocycles. The second-order valence-electron chi connectivity index (χ2n) is 8.82. The molecule has 0 unspecified atom stereocenters. The number of nitrogens with one attached hydrogen (secondary N) is 1. The van der Waals surface area contributed by atoms with Crippen LogP contribution in [0.25, 0.3) is 11.0 Å². The SMILES string of the molecule is CNC(=O)C(=O)c1cn(COC)c2nc(OC)c(C(=O)N3CCC(Cc4ccc(F)cc4)CC3)cc12. The summed E-state index contributed by atoms with van der Waals surface area (Å²) in [6, 6.07) is 8.09. The summed E-state index contributed by atoms with van der Waals surface area (Å²) in [5, 5.41) is 2.71. The molecule has 190 valence electrons. The van der Waals surface area contributed by atoms with E-state index < -0.39 is 11.7 Å². The molecule has 1 aromatic carbocycles. The standard InChI is InChI=1S/C26H29FN4O5/c1-28-24(33)22(32)21-14-31(15-35-2)23-19(21)13-20(25(29-23)36-3)26(34)30-10-8-17(9-11-30)12-16-4-6-18(27)7-5-16/h4-7,13-14,17H,8-12,15H2,1-3H3,(H,28,33). The Morgan fingerprint density at radius 1 is 1.11 bits per heavy atom. The highest BCUT2D eigenvalue weighted by molar-refractivity contribution is 6.44. The smallest absolute Gasteiger partial charge is 0.292 e. The lowest BCUT2D eigenvalue weighted by molar-refractivity contribution is -0.116. The molecule has 0 atom stereocenters. The number of likely N-dealkylation sites (N-methyl/N-ethyl adjacent to an activating group) is 1. The van der Waals surface area contributed by atoms with Gasteiger partial charge in [0.2, 0.25) is 5.88 Å². The fourth-order valence-electron chi connectivity index (χ4n) is 4.62. The normalized spacial score (nSPS) is 14.2. The van der Waals surface area contributed by atoms with E-state index in [1.165, 1.54) is 39.6 Å². The predicted octanol–water partition coefficient (Wildman–Crippen LogP) is 2.81. The largest absolute Gasteiger partial charge is 0.480 e. The monoisotopic (exact) mass is 496 g/mol. The highest BCUT2D eigenvalue weighted by Crippen LogP contribution is 2.30. The Morgan fingerprint density at radius 2 is 1.81 bits per heavy atom. The van der Waals surface area contributed by atoms with Crippen LogP contribution >= 0.6 is 0 Å². The van der Waals surface area contributed by atoms with Crippen LogP contribution in [0.4, 0.5) is 4.39 Å². The molecule has 3 aromatic rings. The van der Waals surface area contributed by atoms with E-state index in [0.29, 0.717) is 30.0 Å². The maximum atomic E-state index is 13.5. The molecule has 1 fully saturated rings. The minimum absolute atomic E-state index is 0.0997. The Balaban J connectivity index is 1.59. The molecule has 10 heteroatoms. The van der Waals surface area contributed by atoms with Crippen molar-refractivity contribution in [2.45, 2.75) is 26.0 Å². The Morgan fingerprint density at radius 3 is 2.42 bits per heavy atom. The number of methoxy groups -OCH3 is 2. The van der Waals surface area contributed by atoms with Crippen molar-refractivity contribution < 1.29 is 28.2 Å². The van der Waals surface area contributed by atoms with Gasteiger partial charge in [0.1, 0.15) is 23.8 Å². The number of Topliss-reactive ketones (excluding diaryl/α,β-unsaturated/α-hetero) is 1. The summed E-state index contributed by atoms with van der Waals surface area (Å²) < 4.78 is 25.4. The van der Waals surface area contributed by atoms with E-state index in [-0.39, 0.29) is 35.5 Å². The van der Waals surface area contributed by atoms with Crippen LogP contribution in [0.5, 0.6) is 5.88 Å². The number of rotatable bonds is 8.